The van der Waals surface area contributed by atoms with Crippen LogP contribution in [-0.4, -0.2) is 69.3 Å². The van der Waals surface area contributed by atoms with Gasteiger partial charge in [0.1, 0.15) is 11.3 Å². The highest BCUT2D eigenvalue weighted by Gasteiger charge is 2.40. The smallest absolute Gasteiger partial charge is 0.383 e. The zero-order valence-electron chi connectivity index (χ0n) is 21.7. The number of hydrogen-bond acceptors (Lipinski definition) is 8. The van der Waals surface area contributed by atoms with Gasteiger partial charge in [0.2, 0.25) is 0 Å². The number of anilines is 2. The van der Waals surface area contributed by atoms with Gasteiger partial charge in [0.15, 0.2) is 5.82 Å². The SMILES string of the molecule is Nc1nc(CCCNc2nc(-c3ccc(Cl)cc3Cl)cn3nc(CN4CCOCC4)cc23)ccc1C(=O)C(F)(F)F. The average Bonchev–Trinajstić information content (AvgIpc) is 3.33. The summed E-state index contributed by atoms with van der Waals surface area (Å²) in [6.45, 7) is 4.15. The number of fused-ring (bicyclic) bond motifs is 1. The quantitative estimate of drug-likeness (QED) is 0.195. The van der Waals surface area contributed by atoms with Crippen molar-refractivity contribution >= 4 is 46.1 Å². The molecule has 1 saturated heterocycles. The number of carbonyl (C=O) groups is 1. The molecule has 0 saturated carbocycles. The predicted octanol–water partition coefficient (Wildman–Crippen LogP) is 5.30. The van der Waals surface area contributed by atoms with Crippen molar-refractivity contribution in [3.63, 3.8) is 0 Å². The fourth-order valence-electron chi connectivity index (χ4n) is 4.54. The molecule has 0 atom stereocenters. The first-order chi connectivity index (χ1) is 19.6. The predicted molar refractivity (Wildman–Crippen MR) is 150 cm³/mol. The number of ketones is 1. The van der Waals surface area contributed by atoms with E-state index in [2.05, 4.69) is 15.2 Å². The number of alkyl halides is 3. The molecule has 5 rings (SSSR count). The van der Waals surface area contributed by atoms with Crippen molar-refractivity contribution in [1.82, 2.24) is 24.5 Å². The van der Waals surface area contributed by atoms with Crippen LogP contribution in [0, 0.1) is 0 Å². The number of pyridine rings is 1. The van der Waals surface area contributed by atoms with Gasteiger partial charge in [0.25, 0.3) is 5.78 Å². The average molecular weight is 608 g/mol. The normalized spacial score (nSPS) is 14.5. The molecule has 4 heterocycles. The third-order valence-electron chi connectivity index (χ3n) is 6.59. The van der Waals surface area contributed by atoms with Gasteiger partial charge in [-0.25, -0.2) is 14.5 Å². The van der Waals surface area contributed by atoms with Crippen molar-refractivity contribution < 1.29 is 22.7 Å². The van der Waals surface area contributed by atoms with E-state index in [0.29, 0.717) is 72.0 Å². The molecule has 0 spiro atoms. The molecular weight excluding hydrogens is 582 g/mol. The van der Waals surface area contributed by atoms with E-state index in [-0.39, 0.29) is 0 Å². The number of carbonyl (C=O) groups excluding carboxylic acids is 1. The van der Waals surface area contributed by atoms with E-state index in [4.69, 9.17) is 43.8 Å². The van der Waals surface area contributed by atoms with Crippen molar-refractivity contribution in [2.24, 2.45) is 0 Å². The highest BCUT2D eigenvalue weighted by molar-refractivity contribution is 6.36. The van der Waals surface area contributed by atoms with Crippen LogP contribution in [0.2, 0.25) is 10.0 Å². The van der Waals surface area contributed by atoms with Crippen LogP contribution < -0.4 is 11.1 Å². The molecule has 41 heavy (non-hydrogen) atoms. The van der Waals surface area contributed by atoms with Crippen LogP contribution in [0.3, 0.4) is 0 Å². The standard InChI is InChI=1S/C27H26Cl2F3N7O2/c28-16-3-5-19(21(29)12-16)22-15-39-23(13-18(37-39)14-38-8-10-41-11-9-38)26(36-22)34-7-1-2-17-4-6-20(25(33)35-17)24(40)27(30,31)32/h3-6,12-13,15H,1-2,7-11,14H2,(H2,33,35)(H,34,36). The second-order valence-electron chi connectivity index (χ2n) is 9.55. The molecule has 4 aromatic rings. The molecule has 3 aromatic heterocycles. The Bertz CT molecular complexity index is 1570. The molecule has 1 aromatic carbocycles. The highest BCUT2D eigenvalue weighted by atomic mass is 35.5. The molecule has 14 heteroatoms. The monoisotopic (exact) mass is 607 g/mol. The first-order valence-electron chi connectivity index (χ1n) is 12.8. The summed E-state index contributed by atoms with van der Waals surface area (Å²) in [6.07, 6.45) is -2.22. The van der Waals surface area contributed by atoms with Gasteiger partial charge in [0.05, 0.1) is 41.4 Å². The van der Waals surface area contributed by atoms with Gasteiger partial charge >= 0.3 is 6.18 Å². The minimum absolute atomic E-state index is 0.415. The number of Topliss-reactive ketones (excluding diaryl/α,β-unsaturated/α-hetero) is 1. The Hall–Kier alpha value is -3.45. The number of benzene rings is 1. The number of aryl methyl sites for hydroxylation is 1. The zero-order chi connectivity index (χ0) is 29.1. The third kappa shape index (κ3) is 6.89. The van der Waals surface area contributed by atoms with Crippen LogP contribution in [-0.2, 0) is 17.7 Å². The van der Waals surface area contributed by atoms with Gasteiger partial charge < -0.3 is 15.8 Å². The van der Waals surface area contributed by atoms with Gasteiger partial charge in [-0.05, 0) is 49.2 Å². The number of nitrogens with two attached hydrogens (primary N) is 1. The number of morpholine rings is 1. The largest absolute Gasteiger partial charge is 0.455 e. The molecule has 1 aliphatic heterocycles. The summed E-state index contributed by atoms with van der Waals surface area (Å²) in [6, 6.07) is 9.61. The summed E-state index contributed by atoms with van der Waals surface area (Å²) in [5.74, 6) is -1.87. The first-order valence-corrected chi connectivity index (χ1v) is 13.6. The van der Waals surface area contributed by atoms with E-state index in [0.717, 1.165) is 30.4 Å². The van der Waals surface area contributed by atoms with Gasteiger partial charge in [-0.3, -0.25) is 9.69 Å². The summed E-state index contributed by atoms with van der Waals surface area (Å²) < 4.78 is 45.5. The van der Waals surface area contributed by atoms with E-state index < -0.39 is 23.3 Å². The Morgan fingerprint density at radius 2 is 1.85 bits per heavy atom. The van der Waals surface area contributed by atoms with Crippen LogP contribution in [0.25, 0.3) is 16.8 Å². The fourth-order valence-corrected chi connectivity index (χ4v) is 5.05. The molecule has 216 valence electrons. The molecule has 0 radical (unpaired) electrons. The van der Waals surface area contributed by atoms with Crippen LogP contribution in [0.1, 0.15) is 28.2 Å². The summed E-state index contributed by atoms with van der Waals surface area (Å²) in [5.41, 5.74) is 8.41. The van der Waals surface area contributed by atoms with Crippen LogP contribution in [0.15, 0.2) is 42.6 Å². The Balaban J connectivity index is 1.34. The van der Waals surface area contributed by atoms with Crippen LogP contribution in [0.5, 0.6) is 0 Å². The maximum absolute atomic E-state index is 12.8. The van der Waals surface area contributed by atoms with Crippen molar-refractivity contribution in [1.29, 1.82) is 0 Å². The summed E-state index contributed by atoms with van der Waals surface area (Å²) in [4.78, 5) is 22.6. The maximum atomic E-state index is 12.8. The van der Waals surface area contributed by atoms with Crippen molar-refractivity contribution in [2.75, 3.05) is 43.9 Å². The van der Waals surface area contributed by atoms with E-state index >= 15 is 0 Å². The molecule has 1 aliphatic rings. The number of nitrogen functional groups attached to an aromatic ring is 1. The summed E-state index contributed by atoms with van der Waals surface area (Å²) in [5, 5.41) is 9.08. The topological polar surface area (TPSA) is 111 Å². The fraction of sp³-hybridized carbons (Fsp3) is 0.333. The molecule has 1 fully saturated rings. The maximum Gasteiger partial charge on any atom is 0.455 e. The van der Waals surface area contributed by atoms with E-state index in [1.165, 1.54) is 6.07 Å². The van der Waals surface area contributed by atoms with Crippen molar-refractivity contribution in [3.8, 4) is 11.3 Å². The van der Waals surface area contributed by atoms with E-state index in [9.17, 15) is 18.0 Å². The van der Waals surface area contributed by atoms with Crippen molar-refractivity contribution in [3.05, 3.63) is 69.6 Å². The minimum atomic E-state index is -5.01. The number of nitrogens with one attached hydrogen (secondary N) is 1. The van der Waals surface area contributed by atoms with Crippen LogP contribution in [0.4, 0.5) is 24.8 Å². The van der Waals surface area contributed by atoms with Gasteiger partial charge in [-0.1, -0.05) is 23.2 Å². The lowest BCUT2D eigenvalue weighted by Crippen LogP contribution is -2.35. The lowest BCUT2D eigenvalue weighted by Gasteiger charge is -2.25. The Labute approximate surface area is 243 Å². The van der Waals surface area contributed by atoms with Gasteiger partial charge in [-0.15, -0.1) is 0 Å². The van der Waals surface area contributed by atoms with Gasteiger partial charge in [-0.2, -0.15) is 18.3 Å². The number of ether oxygens (including phenoxy) is 1. The number of rotatable bonds is 9. The number of hydrogen-bond donors (Lipinski definition) is 2. The molecule has 3 N–H and O–H groups in total. The van der Waals surface area contributed by atoms with Crippen molar-refractivity contribution in [2.45, 2.75) is 25.6 Å². The lowest BCUT2D eigenvalue weighted by molar-refractivity contribution is -0.0884. The Kier molecular flexibility index (Phi) is 8.64. The molecule has 0 amide bonds. The third-order valence-corrected chi connectivity index (χ3v) is 7.14. The number of nitrogens with zero attached hydrogens (tertiary/aromatic N) is 5. The Morgan fingerprint density at radius 1 is 1.07 bits per heavy atom. The molecule has 0 unspecified atom stereocenters. The number of halogens is 5. The first kappa shape index (κ1) is 29.1. The lowest BCUT2D eigenvalue weighted by atomic mass is 10.1. The van der Waals surface area contributed by atoms with Crippen LogP contribution >= 0.6 is 23.2 Å². The molecule has 0 aliphatic carbocycles. The van der Waals surface area contributed by atoms with E-state index in [1.54, 1.807) is 22.7 Å². The molecular formula is C27H26Cl2F3N7O2. The highest BCUT2D eigenvalue weighted by Crippen LogP contribution is 2.31. The summed E-state index contributed by atoms with van der Waals surface area (Å²) in [7, 11) is 0. The molecule has 9 nitrogen and oxygen atoms in total. The summed E-state index contributed by atoms with van der Waals surface area (Å²) >= 11 is 12.6. The second kappa shape index (κ2) is 12.2. The van der Waals surface area contributed by atoms with E-state index in [1.807, 2.05) is 12.3 Å². The molecule has 0 bridgehead atoms. The minimum Gasteiger partial charge on any atom is -0.383 e. The number of aromatic nitrogens is 4. The zero-order valence-corrected chi connectivity index (χ0v) is 23.2. The second-order valence-corrected chi connectivity index (χ2v) is 10.4. The van der Waals surface area contributed by atoms with Gasteiger partial charge in [0, 0.05) is 42.5 Å². The Morgan fingerprint density at radius 3 is 2.56 bits per heavy atom.